The molecule has 0 saturated heterocycles. The largest absolute Gasteiger partial charge is 0.369 e. The molecule has 4 nitrogen and oxygen atoms in total. The quantitative estimate of drug-likeness (QED) is 0.558. The van der Waals surface area contributed by atoms with Crippen LogP contribution in [-0.4, -0.2) is 35.7 Å². The number of rotatable bonds is 2. The third-order valence-electron chi connectivity index (χ3n) is 2.07. The number of nitrogens with zero attached hydrogens (tertiary/aromatic N) is 3. The highest BCUT2D eigenvalue weighted by Crippen LogP contribution is 2.28. The maximum atomic E-state index is 11.4. The van der Waals surface area contributed by atoms with E-state index < -0.39 is 0 Å². The van der Waals surface area contributed by atoms with Gasteiger partial charge in [0.1, 0.15) is 5.82 Å². The van der Waals surface area contributed by atoms with Gasteiger partial charge in [0.2, 0.25) is 0 Å². The summed E-state index contributed by atoms with van der Waals surface area (Å²) in [4.78, 5) is 17.5. The summed E-state index contributed by atoms with van der Waals surface area (Å²) in [5, 5.41) is 1.02. The van der Waals surface area contributed by atoms with Gasteiger partial charge >= 0.3 is 0 Å². The van der Waals surface area contributed by atoms with Gasteiger partial charge in [-0.1, -0.05) is 0 Å². The van der Waals surface area contributed by atoms with Crippen LogP contribution in [0.3, 0.4) is 0 Å². The van der Waals surface area contributed by atoms with Crippen LogP contribution >= 0.6 is 11.8 Å². The van der Waals surface area contributed by atoms with Gasteiger partial charge in [-0.15, -0.1) is 11.8 Å². The molecule has 2 heterocycles. The summed E-state index contributed by atoms with van der Waals surface area (Å²) < 4.78 is 2.08. The number of hydrogen-bond donors (Lipinski definition) is 0. The predicted molar refractivity (Wildman–Crippen MR) is 63.3 cm³/mol. The van der Waals surface area contributed by atoms with E-state index >= 15 is 0 Å². The first-order valence-corrected chi connectivity index (χ1v) is 5.74. The highest BCUT2D eigenvalue weighted by Gasteiger charge is 2.13. The van der Waals surface area contributed by atoms with Crippen molar-refractivity contribution in [1.82, 2.24) is 9.47 Å². The average Bonchev–Trinajstić information content (AvgIpc) is 2.61. The molecule has 1 aromatic heterocycles. The van der Waals surface area contributed by atoms with E-state index in [9.17, 15) is 4.79 Å². The molecule has 1 aromatic rings. The Balaban J connectivity index is 2.43. The van der Waals surface area contributed by atoms with Crippen molar-refractivity contribution in [3.63, 3.8) is 0 Å². The van der Waals surface area contributed by atoms with Crippen LogP contribution in [0.25, 0.3) is 0 Å². The first kappa shape index (κ1) is 10.3. The summed E-state index contributed by atoms with van der Waals surface area (Å²) in [5.74, 6) is 1.77. The standard InChI is InChI=1S/C10H13N3OS/c1-12(2)7-11-9-5-8(14)6-10-13(9)3-4-15-10/h5-7H,3-4H2,1-2H3. The molecule has 0 N–H and O–H groups in total. The predicted octanol–water partition coefficient (Wildman–Crippen LogP) is 1.18. The molecule has 80 valence electrons. The molecule has 0 radical (unpaired) electrons. The highest BCUT2D eigenvalue weighted by molar-refractivity contribution is 7.99. The maximum absolute atomic E-state index is 11.4. The first-order valence-electron chi connectivity index (χ1n) is 4.75. The Morgan fingerprint density at radius 1 is 1.53 bits per heavy atom. The summed E-state index contributed by atoms with van der Waals surface area (Å²) in [7, 11) is 3.81. The van der Waals surface area contributed by atoms with Crippen LogP contribution in [0.5, 0.6) is 0 Å². The Morgan fingerprint density at radius 3 is 3.07 bits per heavy atom. The molecule has 0 spiro atoms. The molecule has 0 saturated carbocycles. The van der Waals surface area contributed by atoms with E-state index in [4.69, 9.17) is 0 Å². The van der Waals surface area contributed by atoms with Crippen molar-refractivity contribution >= 4 is 23.9 Å². The minimum atomic E-state index is 0.0292. The van der Waals surface area contributed by atoms with E-state index in [0.717, 1.165) is 23.1 Å². The van der Waals surface area contributed by atoms with Crippen molar-refractivity contribution in [3.8, 4) is 0 Å². The normalized spacial score (nSPS) is 14.5. The molecular formula is C10H13N3OS. The Morgan fingerprint density at radius 2 is 2.33 bits per heavy atom. The Kier molecular flexibility index (Phi) is 2.81. The Bertz CT molecular complexity index is 450. The molecule has 15 heavy (non-hydrogen) atoms. The van der Waals surface area contributed by atoms with E-state index in [1.54, 1.807) is 30.2 Å². The van der Waals surface area contributed by atoms with Crippen LogP contribution in [0.1, 0.15) is 0 Å². The molecule has 5 heteroatoms. The second-order valence-electron chi connectivity index (χ2n) is 3.60. The summed E-state index contributed by atoms with van der Waals surface area (Å²) >= 11 is 1.71. The molecule has 1 aliphatic rings. The topological polar surface area (TPSA) is 37.6 Å². The molecule has 0 aromatic carbocycles. The number of thioether (sulfide) groups is 1. The SMILES string of the molecule is CN(C)C=Nc1cc(=O)cc2n1CCS2. The smallest absolute Gasteiger partial charge is 0.184 e. The van der Waals surface area contributed by atoms with Crippen molar-refractivity contribution < 1.29 is 0 Å². The lowest BCUT2D eigenvalue weighted by atomic mass is 10.4. The second kappa shape index (κ2) is 4.10. The Labute approximate surface area is 92.6 Å². The number of aliphatic imine (C=N–C) groups is 1. The van der Waals surface area contributed by atoms with Gasteiger partial charge in [0.05, 0.1) is 11.4 Å². The summed E-state index contributed by atoms with van der Waals surface area (Å²) in [6, 6.07) is 3.25. The molecule has 0 amide bonds. The minimum Gasteiger partial charge on any atom is -0.369 e. The molecule has 0 unspecified atom stereocenters. The molecule has 0 bridgehead atoms. The van der Waals surface area contributed by atoms with Gasteiger partial charge in [0.15, 0.2) is 5.43 Å². The van der Waals surface area contributed by atoms with Gasteiger partial charge < -0.3 is 9.47 Å². The molecule has 1 aliphatic heterocycles. The molecule has 0 atom stereocenters. The van der Waals surface area contributed by atoms with Crippen LogP contribution in [0.15, 0.2) is 26.9 Å². The molecule has 0 fully saturated rings. The zero-order valence-electron chi connectivity index (χ0n) is 8.80. The molecular weight excluding hydrogens is 210 g/mol. The monoisotopic (exact) mass is 223 g/mol. The van der Waals surface area contributed by atoms with Crippen molar-refractivity contribution in [3.05, 3.63) is 22.4 Å². The average molecular weight is 223 g/mol. The lowest BCUT2D eigenvalue weighted by molar-refractivity contribution is 0.640. The highest BCUT2D eigenvalue weighted by atomic mass is 32.2. The lowest BCUT2D eigenvalue weighted by Crippen LogP contribution is -2.09. The van der Waals surface area contributed by atoms with Crippen LogP contribution in [0, 0.1) is 0 Å². The minimum absolute atomic E-state index is 0.0292. The zero-order chi connectivity index (χ0) is 10.8. The van der Waals surface area contributed by atoms with Crippen molar-refractivity contribution in [2.24, 2.45) is 4.99 Å². The third-order valence-corrected chi connectivity index (χ3v) is 3.09. The van der Waals surface area contributed by atoms with E-state index in [0.29, 0.717) is 0 Å². The number of aromatic nitrogens is 1. The van der Waals surface area contributed by atoms with E-state index in [1.807, 2.05) is 19.0 Å². The third kappa shape index (κ3) is 2.23. The maximum Gasteiger partial charge on any atom is 0.184 e. The van der Waals surface area contributed by atoms with Gasteiger partial charge in [-0.2, -0.15) is 0 Å². The van der Waals surface area contributed by atoms with Crippen molar-refractivity contribution in [2.75, 3.05) is 19.8 Å². The fourth-order valence-corrected chi connectivity index (χ4v) is 2.45. The van der Waals surface area contributed by atoms with Crippen molar-refractivity contribution in [1.29, 1.82) is 0 Å². The second-order valence-corrected chi connectivity index (χ2v) is 4.71. The zero-order valence-corrected chi connectivity index (χ0v) is 9.62. The Hall–Kier alpha value is -1.23. The summed E-state index contributed by atoms with van der Waals surface area (Å²) in [5.41, 5.74) is 0.0292. The van der Waals surface area contributed by atoms with Crippen LogP contribution in [-0.2, 0) is 6.54 Å². The van der Waals surface area contributed by atoms with Gasteiger partial charge in [0, 0.05) is 38.5 Å². The van der Waals surface area contributed by atoms with Gasteiger partial charge in [-0.05, 0) is 0 Å². The van der Waals surface area contributed by atoms with Gasteiger partial charge in [-0.25, -0.2) is 4.99 Å². The van der Waals surface area contributed by atoms with Gasteiger partial charge in [-0.3, -0.25) is 4.79 Å². The fraction of sp³-hybridized carbons (Fsp3) is 0.400. The van der Waals surface area contributed by atoms with Gasteiger partial charge in [0.25, 0.3) is 0 Å². The number of pyridine rings is 1. The van der Waals surface area contributed by atoms with Crippen LogP contribution in [0.4, 0.5) is 5.82 Å². The molecule has 0 aliphatic carbocycles. The summed E-state index contributed by atoms with van der Waals surface area (Å²) in [6.45, 7) is 0.931. The van der Waals surface area contributed by atoms with Crippen LogP contribution < -0.4 is 5.43 Å². The van der Waals surface area contributed by atoms with Crippen LogP contribution in [0.2, 0.25) is 0 Å². The molecule has 2 rings (SSSR count). The van der Waals surface area contributed by atoms with Crippen molar-refractivity contribution in [2.45, 2.75) is 11.6 Å². The lowest BCUT2D eigenvalue weighted by Gasteiger charge is -2.07. The van der Waals surface area contributed by atoms with E-state index in [-0.39, 0.29) is 5.43 Å². The fourth-order valence-electron chi connectivity index (χ4n) is 1.43. The first-order chi connectivity index (χ1) is 7.16. The number of hydrogen-bond acceptors (Lipinski definition) is 3. The summed E-state index contributed by atoms with van der Waals surface area (Å²) in [6.07, 6.45) is 1.71. The number of fused-ring (bicyclic) bond motifs is 1. The van der Waals surface area contributed by atoms with E-state index in [2.05, 4.69) is 9.56 Å². The van der Waals surface area contributed by atoms with E-state index in [1.165, 1.54) is 0 Å².